The van der Waals surface area contributed by atoms with Crippen LogP contribution in [0.4, 0.5) is 0 Å². The van der Waals surface area contributed by atoms with Crippen molar-refractivity contribution in [1.82, 2.24) is 0 Å². The van der Waals surface area contributed by atoms with E-state index in [9.17, 15) is 0 Å². The van der Waals surface area contributed by atoms with E-state index in [1.54, 1.807) is 0 Å². The molecular weight excluding hydrogens is 516 g/mol. The first-order chi connectivity index (χ1) is 22.3. The first-order valence-corrected chi connectivity index (χ1v) is 13.9. The Bertz CT molecular complexity index is 2450. The molecule has 0 unspecified atom stereocenters. The van der Waals surface area contributed by atoms with Crippen molar-refractivity contribution in [1.29, 1.82) is 0 Å². The van der Waals surface area contributed by atoms with Crippen molar-refractivity contribution in [3.63, 3.8) is 0 Å². The van der Waals surface area contributed by atoms with E-state index in [1.165, 1.54) is 10.8 Å². The van der Waals surface area contributed by atoms with E-state index in [0.717, 1.165) is 54.6 Å². The van der Waals surface area contributed by atoms with Gasteiger partial charge in [0.25, 0.3) is 0 Å². The molecule has 0 saturated heterocycles. The van der Waals surface area contributed by atoms with Crippen LogP contribution in [0.2, 0.25) is 5.02 Å². The van der Waals surface area contributed by atoms with E-state index in [0.29, 0.717) is 10.6 Å². The largest absolute Gasteiger partial charge is 0.0843 e. The van der Waals surface area contributed by atoms with Crippen molar-refractivity contribution >= 4 is 54.7 Å². The second-order valence-electron chi connectivity index (χ2n) is 10.3. The molecule has 0 atom stereocenters. The molecule has 0 radical (unpaired) electrons. The van der Waals surface area contributed by atoms with Gasteiger partial charge in [0.15, 0.2) is 0 Å². The first kappa shape index (κ1) is 19.2. The Hall–Kier alpha value is -4.91. The lowest BCUT2D eigenvalue weighted by molar-refractivity contribution is 1.64. The fourth-order valence-corrected chi connectivity index (χ4v) is 6.40. The predicted molar refractivity (Wildman–Crippen MR) is 178 cm³/mol. The minimum Gasteiger partial charge on any atom is -0.0843 e. The standard InChI is InChI=1S/C40H25Cl/c41-30-22-23-31-29(24-30)25-38(33-13-5-4-12-32(31)33)26-18-20-28(21-19-26)40-36-16-8-6-14-34(36)39(27-10-2-1-3-11-27)35-15-7-9-17-37(35)40/h1-25H/i1D,2D,3D,10D,11D. The summed E-state index contributed by atoms with van der Waals surface area (Å²) in [7, 11) is 0. The highest BCUT2D eigenvalue weighted by Crippen LogP contribution is 2.44. The van der Waals surface area contributed by atoms with E-state index in [2.05, 4.69) is 60.7 Å². The second kappa shape index (κ2) is 9.63. The van der Waals surface area contributed by atoms with E-state index in [4.69, 9.17) is 18.5 Å². The fraction of sp³-hybridized carbons (Fsp3) is 0. The molecule has 0 N–H and O–H groups in total. The lowest BCUT2D eigenvalue weighted by atomic mass is 9.85. The zero-order valence-electron chi connectivity index (χ0n) is 26.9. The summed E-state index contributed by atoms with van der Waals surface area (Å²) in [4.78, 5) is 0. The SMILES string of the molecule is [2H]c1c([2H])c([2H])c(-c2c3ccccc3c(-c3ccc(-c4cc5cc(Cl)ccc5c5ccccc45)cc3)c3ccccc23)c([2H])c1[2H]. The molecule has 0 heterocycles. The van der Waals surface area contributed by atoms with Crippen LogP contribution in [-0.2, 0) is 0 Å². The summed E-state index contributed by atoms with van der Waals surface area (Å²) >= 11 is 6.39. The molecule has 0 aliphatic rings. The number of benzene rings is 8. The zero-order valence-corrected chi connectivity index (χ0v) is 22.7. The van der Waals surface area contributed by atoms with Gasteiger partial charge in [-0.1, -0.05) is 145 Å². The Kier molecular flexibility index (Phi) is 4.51. The highest BCUT2D eigenvalue weighted by molar-refractivity contribution is 6.31. The number of hydrogen-bond acceptors (Lipinski definition) is 0. The molecule has 0 amide bonds. The van der Waals surface area contributed by atoms with Crippen molar-refractivity contribution in [2.24, 2.45) is 0 Å². The number of halogens is 1. The summed E-state index contributed by atoms with van der Waals surface area (Å²) < 4.78 is 42.4. The average Bonchev–Trinajstić information content (AvgIpc) is 3.09. The van der Waals surface area contributed by atoms with E-state index >= 15 is 0 Å². The maximum Gasteiger partial charge on any atom is 0.0629 e. The lowest BCUT2D eigenvalue weighted by Crippen LogP contribution is -1.91. The van der Waals surface area contributed by atoms with Crippen LogP contribution in [-0.4, -0.2) is 0 Å². The van der Waals surface area contributed by atoms with Crippen molar-refractivity contribution in [3.05, 3.63) is 157 Å². The van der Waals surface area contributed by atoms with Crippen LogP contribution in [0.15, 0.2) is 152 Å². The monoisotopic (exact) mass is 545 g/mol. The Morgan fingerprint density at radius 1 is 0.415 bits per heavy atom. The molecule has 0 aliphatic heterocycles. The van der Waals surface area contributed by atoms with E-state index < -0.39 is 6.04 Å². The third-order valence-corrected chi connectivity index (χ3v) is 8.22. The molecule has 0 spiro atoms. The topological polar surface area (TPSA) is 0 Å². The number of hydrogen-bond donors (Lipinski definition) is 0. The average molecular weight is 546 g/mol. The molecule has 41 heavy (non-hydrogen) atoms. The highest BCUT2D eigenvalue weighted by atomic mass is 35.5. The molecule has 0 fully saturated rings. The molecule has 0 bridgehead atoms. The minimum absolute atomic E-state index is 0.206. The molecule has 0 saturated carbocycles. The van der Waals surface area contributed by atoms with Crippen LogP contribution < -0.4 is 0 Å². The Labute approximate surface area is 251 Å². The normalized spacial score (nSPS) is 13.2. The van der Waals surface area contributed by atoms with Gasteiger partial charge in [0.1, 0.15) is 0 Å². The van der Waals surface area contributed by atoms with Crippen LogP contribution in [0.25, 0.3) is 76.5 Å². The van der Waals surface area contributed by atoms with Gasteiger partial charge in [-0.05, 0) is 94.7 Å². The summed E-state index contributed by atoms with van der Waals surface area (Å²) in [5.41, 5.74) is 5.13. The Morgan fingerprint density at radius 2 is 0.927 bits per heavy atom. The summed E-state index contributed by atoms with van der Waals surface area (Å²) in [6, 6.07) is 39.6. The third-order valence-electron chi connectivity index (χ3n) is 7.99. The van der Waals surface area contributed by atoms with Gasteiger partial charge in [-0.25, -0.2) is 0 Å². The summed E-state index contributed by atoms with van der Waals surface area (Å²) in [5.74, 6) is 0. The lowest BCUT2D eigenvalue weighted by Gasteiger charge is -2.18. The summed E-state index contributed by atoms with van der Waals surface area (Å²) in [6.07, 6.45) is 0. The third kappa shape index (κ3) is 3.91. The molecular formula is C40H25Cl. The number of fused-ring (bicyclic) bond motifs is 5. The van der Waals surface area contributed by atoms with Crippen LogP contribution in [0.5, 0.6) is 0 Å². The molecule has 8 aromatic rings. The Morgan fingerprint density at radius 3 is 1.54 bits per heavy atom. The van der Waals surface area contributed by atoms with Crippen molar-refractivity contribution in [3.8, 4) is 33.4 Å². The van der Waals surface area contributed by atoms with Crippen LogP contribution in [0.1, 0.15) is 6.85 Å². The van der Waals surface area contributed by atoms with Gasteiger partial charge in [-0.2, -0.15) is 0 Å². The van der Waals surface area contributed by atoms with Gasteiger partial charge in [0.05, 0.1) is 6.85 Å². The van der Waals surface area contributed by atoms with Crippen LogP contribution in [0.3, 0.4) is 0 Å². The molecule has 8 rings (SSSR count). The zero-order chi connectivity index (χ0) is 31.7. The molecule has 0 aromatic heterocycles. The highest BCUT2D eigenvalue weighted by Gasteiger charge is 2.16. The smallest absolute Gasteiger partial charge is 0.0629 e. The van der Waals surface area contributed by atoms with Gasteiger partial charge in [0.2, 0.25) is 0 Å². The van der Waals surface area contributed by atoms with Crippen LogP contribution >= 0.6 is 11.6 Å². The van der Waals surface area contributed by atoms with Crippen LogP contribution in [0, 0.1) is 0 Å². The van der Waals surface area contributed by atoms with Gasteiger partial charge >= 0.3 is 0 Å². The van der Waals surface area contributed by atoms with Crippen molar-refractivity contribution in [2.75, 3.05) is 0 Å². The Balaban J connectivity index is 1.38. The van der Waals surface area contributed by atoms with E-state index in [-0.39, 0.29) is 29.7 Å². The van der Waals surface area contributed by atoms with Gasteiger partial charge in [-0.3, -0.25) is 0 Å². The molecule has 192 valence electrons. The fourth-order valence-electron chi connectivity index (χ4n) is 6.22. The van der Waals surface area contributed by atoms with Crippen molar-refractivity contribution < 1.29 is 6.85 Å². The van der Waals surface area contributed by atoms with E-state index in [1.807, 2.05) is 60.7 Å². The first-order valence-electron chi connectivity index (χ1n) is 16.1. The van der Waals surface area contributed by atoms with Gasteiger partial charge in [-0.15, -0.1) is 0 Å². The molecule has 0 nitrogen and oxygen atoms in total. The summed E-state index contributed by atoms with van der Waals surface area (Å²) in [6.45, 7) is 0. The maximum absolute atomic E-state index is 8.79. The molecule has 8 aromatic carbocycles. The van der Waals surface area contributed by atoms with Gasteiger partial charge < -0.3 is 0 Å². The maximum atomic E-state index is 8.79. The van der Waals surface area contributed by atoms with Gasteiger partial charge in [0, 0.05) is 5.02 Å². The summed E-state index contributed by atoms with van der Waals surface area (Å²) in [5, 5.41) is 8.85. The second-order valence-corrected chi connectivity index (χ2v) is 10.7. The number of rotatable bonds is 3. The minimum atomic E-state index is -0.397. The quantitative estimate of drug-likeness (QED) is 0.153. The molecule has 1 heteroatoms. The predicted octanol–water partition coefficient (Wildman–Crippen LogP) is 12.0. The molecule has 0 aliphatic carbocycles. The van der Waals surface area contributed by atoms with Crippen molar-refractivity contribution in [2.45, 2.75) is 0 Å².